The van der Waals surface area contributed by atoms with Crippen LogP contribution >= 0.6 is 0 Å². The van der Waals surface area contributed by atoms with Crippen LogP contribution in [0.3, 0.4) is 0 Å². The molecule has 4 rings (SSSR count). The standard InChI is InChI=1S/C23H25N3O3/c27-20-9-6-16-26(20)19-12-10-18(11-13-19)22(28)24-21(17-7-2-1-3-8-17)23(29)25-14-4-5-15-25/h1-3,7-8,10-13,21H,4-6,9,14-16H2,(H,24,28)/t21-/m0/s1. The fourth-order valence-electron chi connectivity index (χ4n) is 3.98. The second-order valence-electron chi connectivity index (χ2n) is 7.55. The number of amides is 3. The van der Waals surface area contributed by atoms with Gasteiger partial charge >= 0.3 is 0 Å². The average Bonchev–Trinajstić information content (AvgIpc) is 3.44. The highest BCUT2D eigenvalue weighted by Gasteiger charge is 2.29. The Morgan fingerprint density at radius 3 is 2.17 bits per heavy atom. The van der Waals surface area contributed by atoms with Gasteiger partial charge in [0.05, 0.1) is 0 Å². The third kappa shape index (κ3) is 4.16. The third-order valence-corrected chi connectivity index (χ3v) is 5.59. The van der Waals surface area contributed by atoms with Gasteiger partial charge in [-0.15, -0.1) is 0 Å². The Labute approximate surface area is 170 Å². The van der Waals surface area contributed by atoms with E-state index >= 15 is 0 Å². The molecule has 2 aliphatic rings. The van der Waals surface area contributed by atoms with Crippen LogP contribution in [-0.2, 0) is 9.59 Å². The molecule has 2 saturated heterocycles. The van der Waals surface area contributed by atoms with Gasteiger partial charge in [0, 0.05) is 37.3 Å². The number of rotatable bonds is 5. The lowest BCUT2D eigenvalue weighted by Gasteiger charge is -2.24. The molecule has 29 heavy (non-hydrogen) atoms. The van der Waals surface area contributed by atoms with Crippen molar-refractivity contribution in [3.05, 3.63) is 65.7 Å². The highest BCUT2D eigenvalue weighted by molar-refractivity contribution is 5.99. The van der Waals surface area contributed by atoms with Crippen LogP contribution in [0.2, 0.25) is 0 Å². The Morgan fingerprint density at radius 2 is 1.55 bits per heavy atom. The minimum Gasteiger partial charge on any atom is -0.341 e. The topological polar surface area (TPSA) is 69.7 Å². The number of nitrogens with one attached hydrogen (secondary N) is 1. The van der Waals surface area contributed by atoms with E-state index < -0.39 is 6.04 Å². The molecule has 0 unspecified atom stereocenters. The molecule has 0 spiro atoms. The summed E-state index contributed by atoms with van der Waals surface area (Å²) in [5.74, 6) is -0.255. The molecule has 6 heteroatoms. The summed E-state index contributed by atoms with van der Waals surface area (Å²) in [4.78, 5) is 41.4. The molecule has 2 aromatic rings. The number of nitrogens with zero attached hydrogens (tertiary/aromatic N) is 2. The van der Waals surface area contributed by atoms with Gasteiger partial charge in [-0.05, 0) is 49.1 Å². The Balaban J connectivity index is 1.51. The van der Waals surface area contributed by atoms with Crippen LogP contribution in [-0.4, -0.2) is 42.3 Å². The first-order valence-electron chi connectivity index (χ1n) is 10.2. The summed E-state index contributed by atoms with van der Waals surface area (Å²) < 4.78 is 0. The maximum Gasteiger partial charge on any atom is 0.252 e. The Hall–Kier alpha value is -3.15. The van der Waals surface area contributed by atoms with Crippen LogP contribution in [0.25, 0.3) is 0 Å². The van der Waals surface area contributed by atoms with E-state index in [1.54, 1.807) is 29.2 Å². The highest BCUT2D eigenvalue weighted by Crippen LogP contribution is 2.23. The minimum absolute atomic E-state index is 0.0682. The van der Waals surface area contributed by atoms with Gasteiger partial charge in [-0.25, -0.2) is 0 Å². The number of likely N-dealkylation sites (tertiary alicyclic amines) is 1. The molecular weight excluding hydrogens is 366 g/mol. The van der Waals surface area contributed by atoms with E-state index in [0.717, 1.165) is 43.6 Å². The molecule has 3 amide bonds. The molecule has 0 aromatic heterocycles. The quantitative estimate of drug-likeness (QED) is 0.852. The zero-order chi connectivity index (χ0) is 20.2. The van der Waals surface area contributed by atoms with E-state index in [4.69, 9.17) is 0 Å². The lowest BCUT2D eigenvalue weighted by molar-refractivity contribution is -0.132. The van der Waals surface area contributed by atoms with Crippen LogP contribution in [0.4, 0.5) is 5.69 Å². The van der Waals surface area contributed by atoms with E-state index in [1.807, 2.05) is 35.2 Å². The van der Waals surface area contributed by atoms with Crippen LogP contribution in [0.15, 0.2) is 54.6 Å². The highest BCUT2D eigenvalue weighted by atomic mass is 16.2. The zero-order valence-corrected chi connectivity index (χ0v) is 16.3. The summed E-state index contributed by atoms with van der Waals surface area (Å²) in [6, 6.07) is 15.6. The number of anilines is 1. The van der Waals surface area contributed by atoms with E-state index in [2.05, 4.69) is 5.32 Å². The van der Waals surface area contributed by atoms with Crippen LogP contribution in [0.1, 0.15) is 47.6 Å². The van der Waals surface area contributed by atoms with Gasteiger partial charge in [0.2, 0.25) is 11.8 Å². The van der Waals surface area contributed by atoms with Gasteiger partial charge in [-0.3, -0.25) is 14.4 Å². The summed E-state index contributed by atoms with van der Waals surface area (Å²) in [6.45, 7) is 2.18. The van der Waals surface area contributed by atoms with E-state index in [-0.39, 0.29) is 17.7 Å². The van der Waals surface area contributed by atoms with Gasteiger partial charge in [0.25, 0.3) is 5.91 Å². The molecule has 1 atom stereocenters. The largest absolute Gasteiger partial charge is 0.341 e. The van der Waals surface area contributed by atoms with Gasteiger partial charge in [0.1, 0.15) is 6.04 Å². The third-order valence-electron chi connectivity index (χ3n) is 5.59. The monoisotopic (exact) mass is 391 g/mol. The van der Waals surface area contributed by atoms with Crippen molar-refractivity contribution in [3.8, 4) is 0 Å². The zero-order valence-electron chi connectivity index (χ0n) is 16.3. The molecule has 1 N–H and O–H groups in total. The minimum atomic E-state index is -0.707. The van der Waals surface area contributed by atoms with Crippen molar-refractivity contribution in [2.75, 3.05) is 24.5 Å². The molecule has 0 bridgehead atoms. The lowest BCUT2D eigenvalue weighted by atomic mass is 10.0. The summed E-state index contributed by atoms with van der Waals surface area (Å²) in [6.07, 6.45) is 3.42. The molecule has 0 aliphatic carbocycles. The normalized spacial score (nSPS) is 17.4. The van der Waals surface area contributed by atoms with E-state index in [9.17, 15) is 14.4 Å². The van der Waals surface area contributed by atoms with Crippen molar-refractivity contribution >= 4 is 23.4 Å². The van der Waals surface area contributed by atoms with E-state index in [1.165, 1.54) is 0 Å². The summed E-state index contributed by atoms with van der Waals surface area (Å²) in [7, 11) is 0. The first-order valence-corrected chi connectivity index (χ1v) is 10.2. The Kier molecular flexibility index (Phi) is 5.60. The Bertz CT molecular complexity index is 889. The summed E-state index contributed by atoms with van der Waals surface area (Å²) in [5, 5.41) is 2.91. The predicted octanol–water partition coefficient (Wildman–Crippen LogP) is 2.91. The summed E-state index contributed by atoms with van der Waals surface area (Å²) >= 11 is 0. The van der Waals surface area contributed by atoms with Crippen LogP contribution in [0.5, 0.6) is 0 Å². The Morgan fingerprint density at radius 1 is 0.862 bits per heavy atom. The van der Waals surface area contributed by atoms with Crippen molar-refractivity contribution < 1.29 is 14.4 Å². The van der Waals surface area contributed by atoms with Crippen LogP contribution in [0, 0.1) is 0 Å². The molecule has 150 valence electrons. The van der Waals surface area contributed by atoms with Crippen molar-refractivity contribution in [2.45, 2.75) is 31.7 Å². The summed E-state index contributed by atoms with van der Waals surface area (Å²) in [5.41, 5.74) is 2.05. The maximum atomic E-state index is 13.0. The molecule has 2 aliphatic heterocycles. The van der Waals surface area contributed by atoms with Crippen molar-refractivity contribution in [2.24, 2.45) is 0 Å². The number of hydrogen-bond acceptors (Lipinski definition) is 3. The predicted molar refractivity (Wildman–Crippen MR) is 110 cm³/mol. The molecule has 0 saturated carbocycles. The van der Waals surface area contributed by atoms with Gasteiger partial charge in [-0.1, -0.05) is 30.3 Å². The fourth-order valence-corrected chi connectivity index (χ4v) is 3.98. The second kappa shape index (κ2) is 8.47. The molecule has 2 fully saturated rings. The first-order chi connectivity index (χ1) is 14.1. The SMILES string of the molecule is O=C(N[C@H](C(=O)N1CCCC1)c1ccccc1)c1ccc(N2CCCC2=O)cc1. The molecular formula is C23H25N3O3. The molecule has 2 aromatic carbocycles. The lowest BCUT2D eigenvalue weighted by Crippen LogP contribution is -2.41. The number of hydrogen-bond donors (Lipinski definition) is 1. The number of carbonyl (C=O) groups excluding carboxylic acids is 3. The molecule has 0 radical (unpaired) electrons. The molecule has 6 nitrogen and oxygen atoms in total. The van der Waals surface area contributed by atoms with Crippen molar-refractivity contribution in [1.29, 1.82) is 0 Å². The van der Waals surface area contributed by atoms with Crippen molar-refractivity contribution in [3.63, 3.8) is 0 Å². The van der Waals surface area contributed by atoms with Gasteiger partial charge in [0.15, 0.2) is 0 Å². The van der Waals surface area contributed by atoms with Crippen molar-refractivity contribution in [1.82, 2.24) is 10.2 Å². The smallest absolute Gasteiger partial charge is 0.252 e. The first kappa shape index (κ1) is 19.2. The average molecular weight is 391 g/mol. The number of carbonyl (C=O) groups is 3. The maximum absolute atomic E-state index is 13.0. The second-order valence-corrected chi connectivity index (χ2v) is 7.55. The fraction of sp³-hybridized carbons (Fsp3) is 0.348. The van der Waals surface area contributed by atoms with E-state index in [0.29, 0.717) is 18.5 Å². The van der Waals surface area contributed by atoms with Gasteiger partial charge < -0.3 is 15.1 Å². The number of benzene rings is 2. The van der Waals surface area contributed by atoms with Crippen LogP contribution < -0.4 is 10.2 Å². The van der Waals surface area contributed by atoms with Gasteiger partial charge in [-0.2, -0.15) is 0 Å². The molecule has 2 heterocycles.